The van der Waals surface area contributed by atoms with Gasteiger partial charge in [0.05, 0.1) is 26.3 Å². The smallest absolute Gasteiger partial charge is 0.262 e. The van der Waals surface area contributed by atoms with Crippen molar-refractivity contribution in [1.29, 1.82) is 0 Å². The van der Waals surface area contributed by atoms with Gasteiger partial charge in [-0.3, -0.25) is 9.59 Å². The molecule has 0 spiro atoms. The van der Waals surface area contributed by atoms with E-state index in [0.29, 0.717) is 16.3 Å². The number of para-hydroxylation sites is 1. The van der Waals surface area contributed by atoms with E-state index in [9.17, 15) is 9.59 Å². The van der Waals surface area contributed by atoms with Crippen LogP contribution in [0.4, 0.5) is 5.69 Å². The second-order valence-corrected chi connectivity index (χ2v) is 7.30. The van der Waals surface area contributed by atoms with Gasteiger partial charge in [-0.25, -0.2) is 0 Å². The predicted molar refractivity (Wildman–Crippen MR) is 107 cm³/mol. The lowest BCUT2D eigenvalue weighted by Crippen LogP contribution is -2.29. The molecule has 0 radical (unpaired) electrons. The summed E-state index contributed by atoms with van der Waals surface area (Å²) in [6.07, 6.45) is 2.00. The van der Waals surface area contributed by atoms with Gasteiger partial charge in [-0.1, -0.05) is 46.9 Å². The van der Waals surface area contributed by atoms with Crippen LogP contribution in [0.5, 0.6) is 5.75 Å². The van der Waals surface area contributed by atoms with Crippen molar-refractivity contribution < 1.29 is 14.3 Å². The van der Waals surface area contributed by atoms with E-state index in [1.165, 1.54) is 12.1 Å². The van der Waals surface area contributed by atoms with Gasteiger partial charge in [-0.05, 0) is 31.0 Å². The maximum absolute atomic E-state index is 12.6. The molecule has 0 saturated carbocycles. The summed E-state index contributed by atoms with van der Waals surface area (Å²) in [7, 11) is 0. The largest absolute Gasteiger partial charge is 0.482 e. The molecule has 0 unspecified atom stereocenters. The van der Waals surface area contributed by atoms with Crippen LogP contribution < -0.4 is 10.1 Å². The van der Waals surface area contributed by atoms with Crippen molar-refractivity contribution in [2.75, 3.05) is 25.0 Å². The molecule has 1 aliphatic heterocycles. The summed E-state index contributed by atoms with van der Waals surface area (Å²) in [5.74, 6) is -0.252. The molecule has 0 aromatic heterocycles. The molecule has 142 valence electrons. The molecule has 3 rings (SSSR count). The van der Waals surface area contributed by atoms with Crippen molar-refractivity contribution >= 4 is 52.3 Å². The van der Waals surface area contributed by atoms with Crippen LogP contribution in [0.15, 0.2) is 36.4 Å². The van der Waals surface area contributed by atoms with E-state index in [-0.39, 0.29) is 28.3 Å². The molecule has 1 heterocycles. The molecule has 1 fully saturated rings. The fourth-order valence-corrected chi connectivity index (χ4v) is 3.41. The molecule has 2 aromatic rings. The van der Waals surface area contributed by atoms with E-state index < -0.39 is 5.91 Å². The Kier molecular flexibility index (Phi) is 6.47. The van der Waals surface area contributed by atoms with Crippen LogP contribution in [-0.2, 0) is 4.79 Å². The fraction of sp³-hybridized carbons (Fsp3) is 0.263. The third-order valence-electron chi connectivity index (χ3n) is 4.16. The molecular formula is C19H17Cl3N2O3. The number of hydrogen-bond donors (Lipinski definition) is 1. The second kappa shape index (κ2) is 8.83. The van der Waals surface area contributed by atoms with Gasteiger partial charge < -0.3 is 15.0 Å². The zero-order chi connectivity index (χ0) is 19.4. The summed E-state index contributed by atoms with van der Waals surface area (Å²) in [5.41, 5.74) is 0.906. The van der Waals surface area contributed by atoms with E-state index in [2.05, 4.69) is 5.32 Å². The normalized spacial score (nSPS) is 13.5. The Labute approximate surface area is 172 Å². The van der Waals surface area contributed by atoms with Crippen LogP contribution in [-0.4, -0.2) is 36.4 Å². The summed E-state index contributed by atoms with van der Waals surface area (Å²) in [6, 6.07) is 9.81. The monoisotopic (exact) mass is 426 g/mol. The first-order valence-electron chi connectivity index (χ1n) is 8.41. The maximum atomic E-state index is 12.6. The minimum atomic E-state index is -0.418. The number of carbonyl (C=O) groups is 2. The minimum absolute atomic E-state index is 0.0863. The number of likely N-dealkylation sites (tertiary alicyclic amines) is 1. The summed E-state index contributed by atoms with van der Waals surface area (Å²) >= 11 is 17.8. The lowest BCUT2D eigenvalue weighted by molar-refractivity contribution is -0.118. The first kappa shape index (κ1) is 19.8. The number of hydrogen-bond acceptors (Lipinski definition) is 3. The molecule has 0 atom stereocenters. The number of nitrogens with one attached hydrogen (secondary N) is 1. The number of nitrogens with zero attached hydrogens (tertiary/aromatic N) is 1. The van der Waals surface area contributed by atoms with Crippen molar-refractivity contribution in [3.63, 3.8) is 0 Å². The van der Waals surface area contributed by atoms with Gasteiger partial charge in [0.15, 0.2) is 6.61 Å². The van der Waals surface area contributed by atoms with Crippen LogP contribution in [0.1, 0.15) is 23.2 Å². The minimum Gasteiger partial charge on any atom is -0.482 e. The average molecular weight is 428 g/mol. The Bertz CT molecular complexity index is 867. The zero-order valence-electron chi connectivity index (χ0n) is 14.3. The van der Waals surface area contributed by atoms with Gasteiger partial charge in [-0.15, -0.1) is 0 Å². The Morgan fingerprint density at radius 3 is 2.41 bits per heavy atom. The number of amides is 2. The van der Waals surface area contributed by atoms with Crippen LogP contribution in [0, 0.1) is 0 Å². The number of carbonyl (C=O) groups excluding carboxylic acids is 2. The van der Waals surface area contributed by atoms with Crippen molar-refractivity contribution in [3.05, 3.63) is 57.0 Å². The number of anilines is 1. The van der Waals surface area contributed by atoms with Crippen molar-refractivity contribution in [3.8, 4) is 5.75 Å². The second-order valence-electron chi connectivity index (χ2n) is 6.08. The third kappa shape index (κ3) is 4.86. The highest BCUT2D eigenvalue weighted by molar-refractivity contribution is 6.43. The summed E-state index contributed by atoms with van der Waals surface area (Å²) in [6.45, 7) is 1.18. The molecule has 1 aliphatic rings. The first-order chi connectivity index (χ1) is 13.0. The summed E-state index contributed by atoms with van der Waals surface area (Å²) in [4.78, 5) is 26.7. The van der Waals surface area contributed by atoms with Gasteiger partial charge in [0, 0.05) is 19.2 Å². The van der Waals surface area contributed by atoms with Gasteiger partial charge in [0.1, 0.15) is 5.75 Å². The highest BCUT2D eigenvalue weighted by atomic mass is 35.5. The highest BCUT2D eigenvalue weighted by Crippen LogP contribution is 2.33. The fourth-order valence-electron chi connectivity index (χ4n) is 2.81. The molecule has 5 nitrogen and oxygen atoms in total. The zero-order valence-corrected chi connectivity index (χ0v) is 16.6. The number of benzene rings is 2. The number of rotatable bonds is 5. The van der Waals surface area contributed by atoms with Crippen LogP contribution in [0.3, 0.4) is 0 Å². The van der Waals surface area contributed by atoms with Gasteiger partial charge in [0.25, 0.3) is 11.8 Å². The molecular weight excluding hydrogens is 411 g/mol. The van der Waals surface area contributed by atoms with E-state index in [0.717, 1.165) is 25.9 Å². The summed E-state index contributed by atoms with van der Waals surface area (Å²) in [5, 5.41) is 3.54. The van der Waals surface area contributed by atoms with Crippen molar-refractivity contribution in [2.45, 2.75) is 12.8 Å². The standard InChI is InChI=1S/C19H17Cl3N2O3/c20-13-9-15(22)17(10-14(13)21)27-11-18(25)23-16-6-2-1-5-12(16)19(26)24-7-3-4-8-24/h1-2,5-6,9-10H,3-4,7-8,11H2,(H,23,25). The first-order valence-corrected chi connectivity index (χ1v) is 9.54. The number of ether oxygens (including phenoxy) is 1. The molecule has 0 aliphatic carbocycles. The van der Waals surface area contributed by atoms with Gasteiger partial charge >= 0.3 is 0 Å². The average Bonchev–Trinajstić information content (AvgIpc) is 3.18. The molecule has 1 N–H and O–H groups in total. The molecule has 8 heteroatoms. The van der Waals surface area contributed by atoms with Crippen molar-refractivity contribution in [1.82, 2.24) is 4.90 Å². The molecule has 0 bridgehead atoms. The Morgan fingerprint density at radius 1 is 1.00 bits per heavy atom. The lowest BCUT2D eigenvalue weighted by atomic mass is 10.1. The van der Waals surface area contributed by atoms with E-state index in [4.69, 9.17) is 39.5 Å². The van der Waals surface area contributed by atoms with Crippen LogP contribution in [0.25, 0.3) is 0 Å². The summed E-state index contributed by atoms with van der Waals surface area (Å²) < 4.78 is 5.42. The Hall–Kier alpha value is -1.95. The Balaban J connectivity index is 1.66. The predicted octanol–water partition coefficient (Wildman–Crippen LogP) is 4.90. The molecule has 2 aromatic carbocycles. The SMILES string of the molecule is O=C(COc1cc(Cl)c(Cl)cc1Cl)Nc1ccccc1C(=O)N1CCCC1. The third-order valence-corrected chi connectivity index (χ3v) is 5.18. The lowest BCUT2D eigenvalue weighted by Gasteiger charge is -2.18. The van der Waals surface area contributed by atoms with E-state index >= 15 is 0 Å². The quantitative estimate of drug-likeness (QED) is 0.690. The highest BCUT2D eigenvalue weighted by Gasteiger charge is 2.22. The van der Waals surface area contributed by atoms with Crippen LogP contribution >= 0.6 is 34.8 Å². The Morgan fingerprint density at radius 2 is 1.67 bits per heavy atom. The molecule has 27 heavy (non-hydrogen) atoms. The maximum Gasteiger partial charge on any atom is 0.262 e. The molecule has 2 amide bonds. The van der Waals surface area contributed by atoms with Crippen molar-refractivity contribution in [2.24, 2.45) is 0 Å². The molecule has 1 saturated heterocycles. The van der Waals surface area contributed by atoms with Crippen LogP contribution in [0.2, 0.25) is 15.1 Å². The van der Waals surface area contributed by atoms with E-state index in [1.807, 2.05) is 0 Å². The topological polar surface area (TPSA) is 58.6 Å². The van der Waals surface area contributed by atoms with Gasteiger partial charge in [0.2, 0.25) is 0 Å². The number of halogens is 3. The van der Waals surface area contributed by atoms with Gasteiger partial charge in [-0.2, -0.15) is 0 Å². The van der Waals surface area contributed by atoms with E-state index in [1.54, 1.807) is 29.2 Å².